The molecule has 0 spiro atoms. The zero-order valence-electron chi connectivity index (χ0n) is 14.1. The number of methoxy groups -OCH3 is 1. The van der Waals surface area contributed by atoms with E-state index in [4.69, 9.17) is 14.0 Å². The Kier molecular flexibility index (Phi) is 4.25. The molecule has 1 aromatic carbocycles. The number of nitro groups is 1. The van der Waals surface area contributed by atoms with Gasteiger partial charge in [0, 0.05) is 11.6 Å². The van der Waals surface area contributed by atoms with Crippen molar-refractivity contribution in [2.75, 3.05) is 7.11 Å². The highest BCUT2D eigenvalue weighted by molar-refractivity contribution is 6.62. The molecular formula is C15H20BNO6. The molecule has 0 aliphatic carbocycles. The first-order chi connectivity index (χ1) is 10.5. The molecule has 0 bridgehead atoms. The summed E-state index contributed by atoms with van der Waals surface area (Å²) >= 11 is 0. The summed E-state index contributed by atoms with van der Waals surface area (Å²) < 4.78 is 16.5. The quantitative estimate of drug-likeness (QED) is 0.366. The maximum Gasteiger partial charge on any atom is 0.495 e. The van der Waals surface area contributed by atoms with E-state index in [0.717, 1.165) is 0 Å². The minimum Gasteiger partial charge on any atom is -0.465 e. The second-order valence-corrected chi connectivity index (χ2v) is 6.55. The molecule has 1 aromatic rings. The number of nitrogens with zero attached hydrogens (tertiary/aromatic N) is 1. The van der Waals surface area contributed by atoms with Gasteiger partial charge in [-0.15, -0.1) is 0 Å². The van der Waals surface area contributed by atoms with Gasteiger partial charge in [0.15, 0.2) is 0 Å². The van der Waals surface area contributed by atoms with Gasteiger partial charge >= 0.3 is 13.1 Å². The number of carbonyl (C=O) groups is 1. The number of hydrogen-bond donors (Lipinski definition) is 0. The predicted octanol–water partition coefficient (Wildman–Crippen LogP) is 1.99. The highest BCUT2D eigenvalue weighted by Crippen LogP contribution is 2.37. The lowest BCUT2D eigenvalue weighted by molar-refractivity contribution is -0.385. The van der Waals surface area contributed by atoms with Crippen LogP contribution in [0.2, 0.25) is 0 Å². The molecule has 0 radical (unpaired) electrons. The molecule has 1 aliphatic rings. The number of rotatable bonds is 3. The SMILES string of the molecule is COC(=O)c1cc(B2OC(C)(C)C(C)(C)O2)cc([N+](=O)[O-])c1C. The maximum absolute atomic E-state index is 11.9. The highest BCUT2D eigenvalue weighted by Gasteiger charge is 2.52. The van der Waals surface area contributed by atoms with E-state index >= 15 is 0 Å². The molecule has 0 atom stereocenters. The van der Waals surface area contributed by atoms with Crippen molar-refractivity contribution < 1.29 is 23.8 Å². The Morgan fingerprint density at radius 3 is 2.17 bits per heavy atom. The highest BCUT2D eigenvalue weighted by atomic mass is 16.7. The smallest absolute Gasteiger partial charge is 0.465 e. The van der Waals surface area contributed by atoms with Crippen molar-refractivity contribution in [3.05, 3.63) is 33.4 Å². The van der Waals surface area contributed by atoms with Crippen molar-refractivity contribution in [3.8, 4) is 0 Å². The third kappa shape index (κ3) is 2.96. The minimum atomic E-state index is -0.789. The molecule has 1 heterocycles. The van der Waals surface area contributed by atoms with Gasteiger partial charge in [-0.05, 0) is 46.1 Å². The summed E-state index contributed by atoms with van der Waals surface area (Å²) in [6.45, 7) is 9.06. The number of benzene rings is 1. The van der Waals surface area contributed by atoms with Gasteiger partial charge in [-0.2, -0.15) is 0 Å². The minimum absolute atomic E-state index is 0.131. The lowest BCUT2D eigenvalue weighted by atomic mass is 9.77. The first-order valence-electron chi connectivity index (χ1n) is 7.23. The summed E-state index contributed by atoms with van der Waals surface area (Å²) in [6, 6.07) is 2.90. The van der Waals surface area contributed by atoms with Gasteiger partial charge in [-0.3, -0.25) is 10.1 Å². The second-order valence-electron chi connectivity index (χ2n) is 6.55. The lowest BCUT2D eigenvalue weighted by Gasteiger charge is -2.32. The first-order valence-corrected chi connectivity index (χ1v) is 7.23. The summed E-state index contributed by atoms with van der Waals surface area (Å²) in [5.74, 6) is -0.635. The van der Waals surface area contributed by atoms with Gasteiger partial charge in [-0.25, -0.2) is 4.79 Å². The lowest BCUT2D eigenvalue weighted by Crippen LogP contribution is -2.41. The fourth-order valence-electron chi connectivity index (χ4n) is 2.35. The first kappa shape index (κ1) is 17.4. The molecule has 1 fully saturated rings. The van der Waals surface area contributed by atoms with Crippen molar-refractivity contribution in [2.24, 2.45) is 0 Å². The number of nitro benzene ring substituents is 1. The Labute approximate surface area is 135 Å². The van der Waals surface area contributed by atoms with Crippen molar-refractivity contribution >= 4 is 24.2 Å². The number of hydrogen-bond acceptors (Lipinski definition) is 6. The van der Waals surface area contributed by atoms with Crippen LogP contribution in [-0.2, 0) is 14.0 Å². The average Bonchev–Trinajstić information content (AvgIpc) is 2.66. The van der Waals surface area contributed by atoms with E-state index in [9.17, 15) is 14.9 Å². The van der Waals surface area contributed by atoms with E-state index in [1.807, 2.05) is 27.7 Å². The fourth-order valence-corrected chi connectivity index (χ4v) is 2.35. The monoisotopic (exact) mass is 321 g/mol. The molecule has 1 aliphatic heterocycles. The van der Waals surface area contributed by atoms with Gasteiger partial charge in [-0.1, -0.05) is 0 Å². The predicted molar refractivity (Wildman–Crippen MR) is 84.9 cm³/mol. The van der Waals surface area contributed by atoms with Gasteiger partial charge in [0.25, 0.3) is 5.69 Å². The van der Waals surface area contributed by atoms with Gasteiger partial charge < -0.3 is 14.0 Å². The Morgan fingerprint density at radius 2 is 1.74 bits per heavy atom. The van der Waals surface area contributed by atoms with E-state index in [2.05, 4.69) is 0 Å². The summed E-state index contributed by atoms with van der Waals surface area (Å²) in [4.78, 5) is 22.7. The van der Waals surface area contributed by atoms with E-state index < -0.39 is 29.2 Å². The Hall–Kier alpha value is -1.93. The van der Waals surface area contributed by atoms with E-state index in [0.29, 0.717) is 5.46 Å². The second kappa shape index (κ2) is 5.61. The van der Waals surface area contributed by atoms with Crippen LogP contribution in [0.5, 0.6) is 0 Å². The van der Waals surface area contributed by atoms with E-state index in [-0.39, 0.29) is 16.8 Å². The summed E-state index contributed by atoms with van der Waals surface area (Å²) in [7, 11) is 0.442. The zero-order valence-corrected chi connectivity index (χ0v) is 14.1. The third-order valence-electron chi connectivity index (χ3n) is 4.53. The van der Waals surface area contributed by atoms with Crippen LogP contribution in [0.4, 0.5) is 5.69 Å². The fraction of sp³-hybridized carbons (Fsp3) is 0.533. The molecule has 0 amide bonds. The molecule has 7 nitrogen and oxygen atoms in total. The number of esters is 1. The van der Waals surface area contributed by atoms with Gasteiger partial charge in [0.05, 0.1) is 28.8 Å². The van der Waals surface area contributed by atoms with Crippen LogP contribution in [0, 0.1) is 17.0 Å². The van der Waals surface area contributed by atoms with Crippen LogP contribution in [0.15, 0.2) is 12.1 Å². The standard InChI is InChI=1S/C15H20BNO6/c1-9-11(13(18)21-6)7-10(8-12(9)17(19)20)16-22-14(2,3)15(4,5)23-16/h7-8H,1-6H3. The zero-order chi connectivity index (χ0) is 17.6. The van der Waals surface area contributed by atoms with Crippen molar-refractivity contribution in [3.63, 3.8) is 0 Å². The van der Waals surface area contributed by atoms with Crippen LogP contribution >= 0.6 is 0 Å². The molecule has 1 saturated heterocycles. The Morgan fingerprint density at radius 1 is 1.22 bits per heavy atom. The molecule has 23 heavy (non-hydrogen) atoms. The van der Waals surface area contributed by atoms with E-state index in [1.165, 1.54) is 26.2 Å². The third-order valence-corrected chi connectivity index (χ3v) is 4.53. The van der Waals surface area contributed by atoms with Crippen LogP contribution in [0.25, 0.3) is 0 Å². The molecular weight excluding hydrogens is 301 g/mol. The summed E-state index contributed by atoms with van der Waals surface area (Å²) in [5.41, 5.74) is -0.529. The molecule has 0 N–H and O–H groups in total. The largest absolute Gasteiger partial charge is 0.495 e. The van der Waals surface area contributed by atoms with Crippen LogP contribution < -0.4 is 5.46 Å². The van der Waals surface area contributed by atoms with Crippen LogP contribution in [-0.4, -0.2) is 36.3 Å². The van der Waals surface area contributed by atoms with Gasteiger partial charge in [0.2, 0.25) is 0 Å². The molecule has 0 aromatic heterocycles. The maximum atomic E-state index is 11.9. The molecule has 8 heteroatoms. The van der Waals surface area contributed by atoms with Crippen molar-refractivity contribution in [2.45, 2.75) is 45.8 Å². The normalized spacial score (nSPS) is 18.8. The molecule has 2 rings (SSSR count). The van der Waals surface area contributed by atoms with Crippen molar-refractivity contribution in [1.29, 1.82) is 0 Å². The average molecular weight is 321 g/mol. The Bertz CT molecular complexity index is 654. The molecule has 0 unspecified atom stereocenters. The number of carbonyl (C=O) groups excluding carboxylic acids is 1. The number of ether oxygens (including phenoxy) is 1. The summed E-state index contributed by atoms with van der Waals surface area (Å²) in [6.07, 6.45) is 0. The molecule has 0 saturated carbocycles. The summed E-state index contributed by atoms with van der Waals surface area (Å²) in [5, 5.41) is 11.3. The van der Waals surface area contributed by atoms with Crippen LogP contribution in [0.1, 0.15) is 43.6 Å². The van der Waals surface area contributed by atoms with E-state index in [1.54, 1.807) is 0 Å². The van der Waals surface area contributed by atoms with Gasteiger partial charge in [0.1, 0.15) is 0 Å². The molecule has 124 valence electrons. The van der Waals surface area contributed by atoms with Crippen LogP contribution in [0.3, 0.4) is 0 Å². The Balaban J connectivity index is 2.54. The van der Waals surface area contributed by atoms with Crippen molar-refractivity contribution in [1.82, 2.24) is 0 Å². The topological polar surface area (TPSA) is 87.9 Å².